The van der Waals surface area contributed by atoms with E-state index in [1.807, 2.05) is 0 Å². The molecule has 0 aliphatic carbocycles. The van der Waals surface area contributed by atoms with E-state index < -0.39 is 0 Å². The number of nitrogens with zero attached hydrogens (tertiary/aromatic N) is 2. The smallest absolute Gasteiger partial charge is 0.220 e. The van der Waals surface area contributed by atoms with E-state index >= 15 is 0 Å². The number of nitrogens with one attached hydrogen (secondary N) is 1. The molecule has 1 fully saturated rings. The first-order chi connectivity index (χ1) is 8.25. The Bertz CT molecular complexity index is 372. The van der Waals surface area contributed by atoms with Crippen molar-refractivity contribution in [3.05, 3.63) is 11.4 Å². The summed E-state index contributed by atoms with van der Waals surface area (Å²) in [5, 5.41) is 10.2. The molecule has 1 aliphatic rings. The Labute approximate surface area is 99.7 Å². The van der Waals surface area contributed by atoms with Gasteiger partial charge in [-0.1, -0.05) is 10.3 Å². The van der Waals surface area contributed by atoms with E-state index in [9.17, 15) is 4.79 Å². The molecule has 1 aromatic rings. The summed E-state index contributed by atoms with van der Waals surface area (Å²) < 4.78 is 9.89. The van der Waals surface area contributed by atoms with Gasteiger partial charge in [-0.3, -0.25) is 4.79 Å². The molecule has 1 N–H and O–H groups in total. The van der Waals surface area contributed by atoms with Crippen molar-refractivity contribution in [3.8, 4) is 0 Å². The number of hydrogen-bond donors (Lipinski definition) is 1. The normalized spacial score (nSPS) is 20.2. The summed E-state index contributed by atoms with van der Waals surface area (Å²) in [5.41, 5.74) is 1.39. The van der Waals surface area contributed by atoms with Crippen LogP contribution < -0.4 is 5.32 Å². The maximum Gasteiger partial charge on any atom is 0.220 e. The van der Waals surface area contributed by atoms with Gasteiger partial charge < -0.3 is 10.1 Å². The van der Waals surface area contributed by atoms with Gasteiger partial charge in [-0.15, -0.1) is 0 Å². The van der Waals surface area contributed by atoms with Crippen molar-refractivity contribution in [1.82, 2.24) is 15.6 Å². The predicted molar refractivity (Wildman–Crippen MR) is 59.0 cm³/mol. The lowest BCUT2D eigenvalue weighted by Gasteiger charge is -2.21. The van der Waals surface area contributed by atoms with E-state index in [-0.39, 0.29) is 5.91 Å². The molecule has 0 bridgehead atoms. The fraction of sp³-hybridized carbons (Fsp3) is 0.727. The Morgan fingerprint density at radius 2 is 2.41 bits per heavy atom. The molecule has 1 amide bonds. The van der Waals surface area contributed by atoms with Crippen LogP contribution in [-0.4, -0.2) is 29.4 Å². The quantitative estimate of drug-likeness (QED) is 0.841. The molecule has 17 heavy (non-hydrogen) atoms. The maximum atomic E-state index is 11.7. The SMILES string of the molecule is Cc1nonc1CNC(=O)CC1CCCOC1. The summed E-state index contributed by atoms with van der Waals surface area (Å²) in [7, 11) is 0. The third-order valence-electron chi connectivity index (χ3n) is 2.93. The predicted octanol–water partition coefficient (Wildman–Crippen LogP) is 0.811. The highest BCUT2D eigenvalue weighted by Gasteiger charge is 2.17. The van der Waals surface area contributed by atoms with E-state index in [2.05, 4.69) is 20.3 Å². The first-order valence-corrected chi connectivity index (χ1v) is 5.88. The lowest BCUT2D eigenvalue weighted by Crippen LogP contribution is -2.28. The van der Waals surface area contributed by atoms with Gasteiger partial charge in [-0.2, -0.15) is 0 Å². The number of hydrogen-bond acceptors (Lipinski definition) is 5. The van der Waals surface area contributed by atoms with Crippen molar-refractivity contribution in [1.29, 1.82) is 0 Å². The Kier molecular flexibility index (Phi) is 4.08. The first kappa shape index (κ1) is 12.0. The van der Waals surface area contributed by atoms with Crippen molar-refractivity contribution in [2.24, 2.45) is 5.92 Å². The van der Waals surface area contributed by atoms with Crippen molar-refractivity contribution in [3.63, 3.8) is 0 Å². The second kappa shape index (κ2) is 5.77. The van der Waals surface area contributed by atoms with Gasteiger partial charge in [0, 0.05) is 19.6 Å². The van der Waals surface area contributed by atoms with Crippen LogP contribution in [0.2, 0.25) is 0 Å². The van der Waals surface area contributed by atoms with E-state index in [0.717, 1.165) is 19.4 Å². The topological polar surface area (TPSA) is 77.3 Å². The van der Waals surface area contributed by atoms with E-state index in [1.54, 1.807) is 6.92 Å². The Morgan fingerprint density at radius 3 is 3.06 bits per heavy atom. The summed E-state index contributed by atoms with van der Waals surface area (Å²) in [6, 6.07) is 0. The highest BCUT2D eigenvalue weighted by Crippen LogP contribution is 2.16. The standard InChI is InChI=1S/C11H17N3O3/c1-8-10(14-17-13-8)6-12-11(15)5-9-3-2-4-16-7-9/h9H,2-7H2,1H3,(H,12,15). The maximum absolute atomic E-state index is 11.7. The third-order valence-corrected chi connectivity index (χ3v) is 2.93. The molecule has 1 saturated heterocycles. The molecule has 1 aliphatic heterocycles. The molecule has 94 valence electrons. The van der Waals surface area contributed by atoms with Crippen LogP contribution in [0.25, 0.3) is 0 Å². The Morgan fingerprint density at radius 1 is 1.53 bits per heavy atom. The molecule has 2 heterocycles. The average molecular weight is 239 g/mol. The third kappa shape index (κ3) is 3.52. The van der Waals surface area contributed by atoms with E-state index in [4.69, 9.17) is 4.74 Å². The highest BCUT2D eigenvalue weighted by molar-refractivity contribution is 5.76. The largest absolute Gasteiger partial charge is 0.381 e. The second-order valence-corrected chi connectivity index (χ2v) is 4.36. The van der Waals surface area contributed by atoms with Crippen LogP contribution in [0.5, 0.6) is 0 Å². The molecular formula is C11H17N3O3. The molecule has 6 nitrogen and oxygen atoms in total. The Balaban J connectivity index is 1.72. The van der Waals surface area contributed by atoms with Crippen LogP contribution in [-0.2, 0) is 16.1 Å². The van der Waals surface area contributed by atoms with Gasteiger partial charge in [0.1, 0.15) is 11.4 Å². The highest BCUT2D eigenvalue weighted by atomic mass is 16.6. The number of ether oxygens (including phenoxy) is 1. The summed E-state index contributed by atoms with van der Waals surface area (Å²) >= 11 is 0. The number of carbonyl (C=O) groups excluding carboxylic acids is 1. The summed E-state index contributed by atoms with van der Waals surface area (Å²) in [6.07, 6.45) is 2.63. The van der Waals surface area contributed by atoms with Crippen LogP contribution in [0.4, 0.5) is 0 Å². The number of carbonyl (C=O) groups is 1. The van der Waals surface area contributed by atoms with Crippen molar-refractivity contribution >= 4 is 5.91 Å². The zero-order chi connectivity index (χ0) is 12.1. The van der Waals surface area contributed by atoms with E-state index in [1.165, 1.54) is 0 Å². The first-order valence-electron chi connectivity index (χ1n) is 5.88. The molecule has 0 radical (unpaired) electrons. The van der Waals surface area contributed by atoms with Crippen LogP contribution >= 0.6 is 0 Å². The van der Waals surface area contributed by atoms with Gasteiger partial charge in [-0.25, -0.2) is 4.63 Å². The molecule has 1 aromatic heterocycles. The summed E-state index contributed by atoms with van der Waals surface area (Å²) in [4.78, 5) is 11.7. The monoisotopic (exact) mass is 239 g/mol. The van der Waals surface area contributed by atoms with Crippen LogP contribution in [0, 0.1) is 12.8 Å². The number of amides is 1. The fourth-order valence-electron chi connectivity index (χ4n) is 1.89. The van der Waals surface area contributed by atoms with Gasteiger partial charge in [0.15, 0.2) is 0 Å². The number of aryl methyl sites for hydroxylation is 1. The van der Waals surface area contributed by atoms with Crippen molar-refractivity contribution < 1.29 is 14.2 Å². The fourth-order valence-corrected chi connectivity index (χ4v) is 1.89. The minimum absolute atomic E-state index is 0.0305. The average Bonchev–Trinajstić information content (AvgIpc) is 2.74. The molecule has 1 atom stereocenters. The zero-order valence-corrected chi connectivity index (χ0v) is 9.94. The van der Waals surface area contributed by atoms with Gasteiger partial charge in [0.2, 0.25) is 5.91 Å². The zero-order valence-electron chi connectivity index (χ0n) is 9.94. The van der Waals surface area contributed by atoms with E-state index in [0.29, 0.717) is 36.9 Å². The number of rotatable bonds is 4. The van der Waals surface area contributed by atoms with Gasteiger partial charge in [0.05, 0.1) is 6.54 Å². The van der Waals surface area contributed by atoms with Gasteiger partial charge in [-0.05, 0) is 25.7 Å². The molecule has 0 aromatic carbocycles. The van der Waals surface area contributed by atoms with Crippen molar-refractivity contribution in [2.45, 2.75) is 32.7 Å². The molecular weight excluding hydrogens is 222 g/mol. The molecule has 1 unspecified atom stereocenters. The molecule has 0 spiro atoms. The van der Waals surface area contributed by atoms with Gasteiger partial charge in [0.25, 0.3) is 0 Å². The lowest BCUT2D eigenvalue weighted by molar-refractivity contribution is -0.123. The minimum atomic E-state index is 0.0305. The molecule has 6 heteroatoms. The minimum Gasteiger partial charge on any atom is -0.381 e. The van der Waals surface area contributed by atoms with Gasteiger partial charge >= 0.3 is 0 Å². The molecule has 0 saturated carbocycles. The molecule has 2 rings (SSSR count). The van der Waals surface area contributed by atoms with Crippen LogP contribution in [0.3, 0.4) is 0 Å². The van der Waals surface area contributed by atoms with Crippen LogP contribution in [0.1, 0.15) is 30.7 Å². The second-order valence-electron chi connectivity index (χ2n) is 4.36. The number of aromatic nitrogens is 2. The van der Waals surface area contributed by atoms with Crippen molar-refractivity contribution in [2.75, 3.05) is 13.2 Å². The van der Waals surface area contributed by atoms with Crippen LogP contribution in [0.15, 0.2) is 4.63 Å². The lowest BCUT2D eigenvalue weighted by atomic mass is 9.98. The Hall–Kier alpha value is -1.43. The summed E-state index contributed by atoms with van der Waals surface area (Å²) in [6.45, 7) is 3.69. The summed E-state index contributed by atoms with van der Waals surface area (Å²) in [5.74, 6) is 0.378.